The highest BCUT2D eigenvalue weighted by Gasteiger charge is 2.26. The first-order chi connectivity index (χ1) is 13.2. The fourth-order valence-electron chi connectivity index (χ4n) is 2.37. The second-order valence-electron chi connectivity index (χ2n) is 5.74. The number of nitrogens with one attached hydrogen (secondary N) is 1. The van der Waals surface area contributed by atoms with Gasteiger partial charge in [0.1, 0.15) is 5.75 Å². The smallest absolute Gasteiger partial charge is 0.387 e. The lowest BCUT2D eigenvalue weighted by molar-refractivity contribution is -0.116. The normalized spacial score (nSPS) is 11.6. The monoisotopic (exact) mass is 432 g/mol. The maximum Gasteiger partial charge on any atom is 0.387 e. The van der Waals surface area contributed by atoms with Gasteiger partial charge in [-0.3, -0.25) is 4.79 Å². The van der Waals surface area contributed by atoms with Crippen molar-refractivity contribution in [2.75, 3.05) is 18.4 Å². The predicted octanol–water partition coefficient (Wildman–Crippen LogP) is 3.98. The van der Waals surface area contributed by atoms with Crippen LogP contribution in [0.4, 0.5) is 14.5 Å². The van der Waals surface area contributed by atoms with Gasteiger partial charge >= 0.3 is 6.61 Å². The quantitative estimate of drug-likeness (QED) is 0.650. The van der Waals surface area contributed by atoms with Gasteiger partial charge in [0.15, 0.2) is 0 Å². The molecule has 28 heavy (non-hydrogen) atoms. The Kier molecular flexibility index (Phi) is 7.73. The number of anilines is 1. The van der Waals surface area contributed by atoms with E-state index >= 15 is 0 Å². The molecule has 0 aliphatic rings. The molecule has 2 aromatic rings. The summed E-state index contributed by atoms with van der Waals surface area (Å²) in [4.78, 5) is 12.3. The molecule has 0 atom stereocenters. The van der Waals surface area contributed by atoms with Crippen LogP contribution in [0.15, 0.2) is 53.4 Å². The van der Waals surface area contributed by atoms with Gasteiger partial charge in [-0.2, -0.15) is 13.1 Å². The Morgan fingerprint density at radius 3 is 2.29 bits per heavy atom. The minimum Gasteiger partial charge on any atom is -0.435 e. The van der Waals surface area contributed by atoms with Crippen molar-refractivity contribution in [3.05, 3.63) is 53.6 Å². The molecule has 1 N–H and O–H groups in total. The van der Waals surface area contributed by atoms with Crippen molar-refractivity contribution in [1.29, 1.82) is 0 Å². The molecule has 2 rings (SSSR count). The van der Waals surface area contributed by atoms with Crippen LogP contribution in [0.5, 0.6) is 5.75 Å². The van der Waals surface area contributed by atoms with Gasteiger partial charge in [-0.25, -0.2) is 8.42 Å². The Labute approximate surface area is 167 Å². The molecule has 10 heteroatoms. The van der Waals surface area contributed by atoms with Crippen molar-refractivity contribution in [3.8, 4) is 5.75 Å². The molecule has 0 aromatic heterocycles. The van der Waals surface area contributed by atoms with E-state index in [1.54, 1.807) is 6.92 Å². The highest BCUT2D eigenvalue weighted by atomic mass is 35.5. The summed E-state index contributed by atoms with van der Waals surface area (Å²) in [5, 5.41) is 2.94. The first-order valence-electron chi connectivity index (χ1n) is 8.33. The summed E-state index contributed by atoms with van der Waals surface area (Å²) in [6.07, 6.45) is 0.514. The number of halogens is 3. The zero-order valence-corrected chi connectivity index (χ0v) is 16.5. The summed E-state index contributed by atoms with van der Waals surface area (Å²) in [5.41, 5.74) is 0.326. The number of benzene rings is 2. The Morgan fingerprint density at radius 1 is 1.14 bits per heavy atom. The topological polar surface area (TPSA) is 75.7 Å². The summed E-state index contributed by atoms with van der Waals surface area (Å²) < 4.78 is 55.2. The van der Waals surface area contributed by atoms with Crippen LogP contribution in [-0.2, 0) is 14.8 Å². The van der Waals surface area contributed by atoms with E-state index < -0.39 is 29.1 Å². The minimum absolute atomic E-state index is 0.0339. The number of rotatable bonds is 9. The van der Waals surface area contributed by atoms with Crippen LogP contribution in [0.25, 0.3) is 0 Å². The summed E-state index contributed by atoms with van der Waals surface area (Å²) in [5.74, 6) is -0.612. The van der Waals surface area contributed by atoms with E-state index in [9.17, 15) is 22.0 Å². The summed E-state index contributed by atoms with van der Waals surface area (Å²) in [6.45, 7) is -1.39. The highest BCUT2D eigenvalue weighted by molar-refractivity contribution is 7.89. The van der Waals surface area contributed by atoms with Gasteiger partial charge in [0, 0.05) is 17.3 Å². The van der Waals surface area contributed by atoms with E-state index in [1.807, 2.05) is 0 Å². The molecule has 0 saturated carbocycles. The molecule has 0 radical (unpaired) electrons. The van der Waals surface area contributed by atoms with Gasteiger partial charge in [0.05, 0.1) is 11.4 Å². The van der Waals surface area contributed by atoms with Gasteiger partial charge in [-0.05, 0) is 55.0 Å². The Hall–Kier alpha value is -2.23. The van der Waals surface area contributed by atoms with Crippen LogP contribution < -0.4 is 10.1 Å². The average molecular weight is 433 g/mol. The number of hydrogen-bond donors (Lipinski definition) is 1. The first kappa shape index (κ1) is 22.1. The third kappa shape index (κ3) is 6.15. The Bertz CT molecular complexity index is 891. The summed E-state index contributed by atoms with van der Waals surface area (Å²) in [6, 6.07) is 11.0. The largest absolute Gasteiger partial charge is 0.435 e. The van der Waals surface area contributed by atoms with Crippen LogP contribution >= 0.6 is 11.6 Å². The fraction of sp³-hybridized carbons (Fsp3) is 0.278. The molecule has 0 unspecified atom stereocenters. The standard InChI is InChI=1S/C18H19ClF2N2O4S/c1-2-11-23(28(25,26)16-9-3-13(19)4-10-16)12-17(24)22-14-5-7-15(8-6-14)27-18(20)21/h3-10,18H,2,11-12H2,1H3,(H,22,24). The van der Waals surface area contributed by atoms with Crippen molar-refractivity contribution in [2.45, 2.75) is 24.9 Å². The third-order valence-corrected chi connectivity index (χ3v) is 5.72. The number of carbonyl (C=O) groups excluding carboxylic acids is 1. The zero-order chi connectivity index (χ0) is 20.7. The first-order valence-corrected chi connectivity index (χ1v) is 10.1. The number of hydrogen-bond acceptors (Lipinski definition) is 4. The van der Waals surface area contributed by atoms with E-state index in [1.165, 1.54) is 48.5 Å². The van der Waals surface area contributed by atoms with Crippen molar-refractivity contribution in [1.82, 2.24) is 4.31 Å². The van der Waals surface area contributed by atoms with E-state index in [0.29, 0.717) is 17.1 Å². The Balaban J connectivity index is 2.08. The molecule has 0 saturated heterocycles. The van der Waals surface area contributed by atoms with E-state index in [4.69, 9.17) is 11.6 Å². The SMILES string of the molecule is CCCN(CC(=O)Nc1ccc(OC(F)F)cc1)S(=O)(=O)c1ccc(Cl)cc1. The van der Waals surface area contributed by atoms with Crippen LogP contribution in [0, 0.1) is 0 Å². The van der Waals surface area contributed by atoms with E-state index in [-0.39, 0.29) is 17.2 Å². The number of ether oxygens (including phenoxy) is 1. The average Bonchev–Trinajstić information content (AvgIpc) is 2.63. The summed E-state index contributed by atoms with van der Waals surface area (Å²) in [7, 11) is -3.88. The van der Waals surface area contributed by atoms with Crippen LogP contribution in [-0.4, -0.2) is 38.3 Å². The number of amides is 1. The Morgan fingerprint density at radius 2 is 1.75 bits per heavy atom. The van der Waals surface area contributed by atoms with Crippen molar-refractivity contribution in [3.63, 3.8) is 0 Å². The molecule has 0 aliphatic carbocycles. The van der Waals surface area contributed by atoms with E-state index in [0.717, 1.165) is 4.31 Å². The van der Waals surface area contributed by atoms with Gasteiger partial charge in [-0.15, -0.1) is 0 Å². The summed E-state index contributed by atoms with van der Waals surface area (Å²) >= 11 is 5.79. The lowest BCUT2D eigenvalue weighted by Gasteiger charge is -2.21. The third-order valence-electron chi connectivity index (χ3n) is 3.61. The molecule has 0 aliphatic heterocycles. The lowest BCUT2D eigenvalue weighted by Crippen LogP contribution is -2.38. The van der Waals surface area contributed by atoms with E-state index in [2.05, 4.69) is 10.1 Å². The molecule has 0 heterocycles. The van der Waals surface area contributed by atoms with Crippen molar-refractivity contribution >= 4 is 33.2 Å². The van der Waals surface area contributed by atoms with Crippen LogP contribution in [0.2, 0.25) is 5.02 Å². The molecule has 6 nitrogen and oxygen atoms in total. The fourth-order valence-corrected chi connectivity index (χ4v) is 3.98. The number of carbonyl (C=O) groups is 1. The molecule has 0 spiro atoms. The molecule has 2 aromatic carbocycles. The minimum atomic E-state index is -3.88. The second kappa shape index (κ2) is 9.81. The maximum absolute atomic E-state index is 12.8. The predicted molar refractivity (Wildman–Crippen MR) is 102 cm³/mol. The number of alkyl halides is 2. The molecule has 0 fully saturated rings. The molecule has 152 valence electrons. The van der Waals surface area contributed by atoms with Crippen LogP contribution in [0.1, 0.15) is 13.3 Å². The number of nitrogens with zero attached hydrogens (tertiary/aromatic N) is 1. The number of sulfonamides is 1. The lowest BCUT2D eigenvalue weighted by atomic mass is 10.3. The van der Waals surface area contributed by atoms with Gasteiger partial charge < -0.3 is 10.1 Å². The molecule has 0 bridgehead atoms. The molecular formula is C18H19ClF2N2O4S. The maximum atomic E-state index is 12.8. The van der Waals surface area contributed by atoms with Gasteiger partial charge in [0.25, 0.3) is 0 Å². The van der Waals surface area contributed by atoms with Crippen molar-refractivity contribution < 1.29 is 26.7 Å². The molecule has 1 amide bonds. The van der Waals surface area contributed by atoms with Crippen LogP contribution in [0.3, 0.4) is 0 Å². The van der Waals surface area contributed by atoms with Crippen molar-refractivity contribution in [2.24, 2.45) is 0 Å². The van der Waals surface area contributed by atoms with Gasteiger partial charge in [0.2, 0.25) is 15.9 Å². The van der Waals surface area contributed by atoms with Gasteiger partial charge in [-0.1, -0.05) is 18.5 Å². The second-order valence-corrected chi connectivity index (χ2v) is 8.12. The highest BCUT2D eigenvalue weighted by Crippen LogP contribution is 2.20. The zero-order valence-electron chi connectivity index (χ0n) is 14.9. The molecular weight excluding hydrogens is 414 g/mol.